The van der Waals surface area contributed by atoms with Crippen LogP contribution in [0.25, 0.3) is 0 Å². The predicted octanol–water partition coefficient (Wildman–Crippen LogP) is 0.481. The lowest BCUT2D eigenvalue weighted by Crippen LogP contribution is -2.34. The second-order valence-electron chi connectivity index (χ2n) is 6.10. The van der Waals surface area contributed by atoms with Gasteiger partial charge in [-0.05, 0) is 26.0 Å². The molecule has 2 aliphatic rings. The Kier molecular flexibility index (Phi) is 4.59. The summed E-state index contributed by atoms with van der Waals surface area (Å²) in [5, 5.41) is 20.0. The van der Waals surface area contributed by atoms with Gasteiger partial charge >= 0.3 is 5.97 Å². The van der Waals surface area contributed by atoms with Crippen LogP contribution < -0.4 is 0 Å². The molecule has 8 nitrogen and oxygen atoms in total. The SMILES string of the molecule is CC(=O)c1ccc(C(=O)O[C@@H]2CO[C@H]3[C@@H]2OC[C@@H]3O)c(O)c1C(C)=O. The van der Waals surface area contributed by atoms with E-state index >= 15 is 0 Å². The molecule has 8 heteroatoms. The minimum atomic E-state index is -0.866. The summed E-state index contributed by atoms with van der Waals surface area (Å²) in [6, 6.07) is 2.54. The smallest absolute Gasteiger partial charge is 0.342 e. The Hall–Kier alpha value is -2.29. The molecule has 1 aromatic carbocycles. The number of Topliss-reactive ketones (excluding diaryl/α,β-unsaturated/α-hetero) is 2. The number of carbonyl (C=O) groups is 3. The standard InChI is InChI=1S/C17H18O8/c1-7(18)9-3-4-10(14(21)13(9)8(2)19)17(22)25-12-6-24-15-11(20)5-23-16(12)15/h3-4,11-12,15-16,20-21H,5-6H2,1-2H3/t11-,12+,15+,16+/m0/s1. The van der Waals surface area contributed by atoms with Gasteiger partial charge in [-0.3, -0.25) is 9.59 Å². The second-order valence-corrected chi connectivity index (χ2v) is 6.10. The zero-order chi connectivity index (χ0) is 18.3. The first-order valence-corrected chi connectivity index (χ1v) is 7.81. The fraction of sp³-hybridized carbons (Fsp3) is 0.471. The van der Waals surface area contributed by atoms with Gasteiger partial charge in [0, 0.05) is 5.56 Å². The molecule has 0 spiro atoms. The van der Waals surface area contributed by atoms with Gasteiger partial charge in [-0.25, -0.2) is 4.79 Å². The number of benzene rings is 1. The lowest BCUT2D eigenvalue weighted by Gasteiger charge is -2.17. The first-order chi connectivity index (χ1) is 11.8. The molecular weight excluding hydrogens is 332 g/mol. The average Bonchev–Trinajstić information content (AvgIpc) is 3.10. The van der Waals surface area contributed by atoms with Crippen molar-refractivity contribution in [3.63, 3.8) is 0 Å². The highest BCUT2D eigenvalue weighted by molar-refractivity contribution is 6.11. The largest absolute Gasteiger partial charge is 0.506 e. The minimum Gasteiger partial charge on any atom is -0.506 e. The Bertz CT molecular complexity index is 740. The van der Waals surface area contributed by atoms with Crippen LogP contribution in [0.2, 0.25) is 0 Å². The molecule has 2 saturated heterocycles. The summed E-state index contributed by atoms with van der Waals surface area (Å²) in [6.07, 6.45) is -2.65. The molecular formula is C17H18O8. The van der Waals surface area contributed by atoms with Crippen molar-refractivity contribution in [2.45, 2.75) is 38.3 Å². The fourth-order valence-electron chi connectivity index (χ4n) is 3.15. The van der Waals surface area contributed by atoms with Crippen LogP contribution in [0.15, 0.2) is 12.1 Å². The van der Waals surface area contributed by atoms with E-state index in [4.69, 9.17) is 14.2 Å². The van der Waals surface area contributed by atoms with Crippen LogP contribution >= 0.6 is 0 Å². The van der Waals surface area contributed by atoms with Crippen LogP contribution in [0.3, 0.4) is 0 Å². The van der Waals surface area contributed by atoms with E-state index in [2.05, 4.69) is 0 Å². The van der Waals surface area contributed by atoms with Gasteiger partial charge in [0.25, 0.3) is 0 Å². The Morgan fingerprint density at radius 1 is 1.04 bits per heavy atom. The Morgan fingerprint density at radius 3 is 2.32 bits per heavy atom. The van der Waals surface area contributed by atoms with Gasteiger partial charge in [0.2, 0.25) is 0 Å². The number of hydrogen-bond donors (Lipinski definition) is 2. The molecule has 2 heterocycles. The van der Waals surface area contributed by atoms with E-state index in [9.17, 15) is 24.6 Å². The Morgan fingerprint density at radius 2 is 1.68 bits per heavy atom. The van der Waals surface area contributed by atoms with Crippen molar-refractivity contribution in [3.05, 3.63) is 28.8 Å². The third kappa shape index (κ3) is 3.04. The Balaban J connectivity index is 1.84. The summed E-state index contributed by atoms with van der Waals surface area (Å²) in [5.74, 6) is -2.40. The number of phenols is 1. The summed E-state index contributed by atoms with van der Waals surface area (Å²) in [7, 11) is 0. The molecule has 3 rings (SSSR count). The van der Waals surface area contributed by atoms with Crippen LogP contribution in [-0.4, -0.2) is 65.4 Å². The number of esters is 1. The highest BCUT2D eigenvalue weighted by Crippen LogP contribution is 2.32. The maximum atomic E-state index is 12.4. The summed E-state index contributed by atoms with van der Waals surface area (Å²) in [5.41, 5.74) is -0.403. The summed E-state index contributed by atoms with van der Waals surface area (Å²) in [4.78, 5) is 35.8. The third-order valence-corrected chi connectivity index (χ3v) is 4.37. The molecule has 2 fully saturated rings. The molecule has 4 atom stereocenters. The van der Waals surface area contributed by atoms with E-state index in [1.807, 2.05) is 0 Å². The number of carbonyl (C=O) groups excluding carboxylic acids is 3. The molecule has 1 aromatic rings. The number of aromatic hydroxyl groups is 1. The van der Waals surface area contributed by atoms with Crippen molar-refractivity contribution in [2.24, 2.45) is 0 Å². The first kappa shape index (κ1) is 17.5. The van der Waals surface area contributed by atoms with Crippen molar-refractivity contribution < 1.29 is 38.8 Å². The highest BCUT2D eigenvalue weighted by atomic mass is 16.6. The third-order valence-electron chi connectivity index (χ3n) is 4.37. The maximum Gasteiger partial charge on any atom is 0.342 e. The van der Waals surface area contributed by atoms with E-state index in [0.717, 1.165) is 0 Å². The molecule has 25 heavy (non-hydrogen) atoms. The molecule has 0 bridgehead atoms. The lowest BCUT2D eigenvalue weighted by molar-refractivity contribution is -0.0210. The van der Waals surface area contributed by atoms with E-state index in [-0.39, 0.29) is 29.9 Å². The van der Waals surface area contributed by atoms with Crippen LogP contribution in [0.4, 0.5) is 0 Å². The Labute approximate surface area is 143 Å². The summed E-state index contributed by atoms with van der Waals surface area (Å²) < 4.78 is 16.1. The molecule has 0 radical (unpaired) electrons. The second kappa shape index (κ2) is 6.55. The number of phenolic OH excluding ortho intramolecular Hbond substituents is 1. The maximum absolute atomic E-state index is 12.4. The number of ketones is 2. The van der Waals surface area contributed by atoms with Gasteiger partial charge in [-0.15, -0.1) is 0 Å². The molecule has 0 aliphatic carbocycles. The number of fused-ring (bicyclic) bond motifs is 1. The average molecular weight is 350 g/mol. The zero-order valence-electron chi connectivity index (χ0n) is 13.7. The molecule has 0 unspecified atom stereocenters. The molecule has 2 aliphatic heterocycles. The van der Waals surface area contributed by atoms with Crippen molar-refractivity contribution in [1.29, 1.82) is 0 Å². The van der Waals surface area contributed by atoms with Crippen molar-refractivity contribution in [3.8, 4) is 5.75 Å². The van der Waals surface area contributed by atoms with Gasteiger partial charge in [-0.2, -0.15) is 0 Å². The van der Waals surface area contributed by atoms with E-state index < -0.39 is 47.7 Å². The van der Waals surface area contributed by atoms with Gasteiger partial charge in [-0.1, -0.05) is 0 Å². The van der Waals surface area contributed by atoms with Gasteiger partial charge < -0.3 is 24.4 Å². The molecule has 0 amide bonds. The van der Waals surface area contributed by atoms with Crippen LogP contribution in [0, 0.1) is 0 Å². The van der Waals surface area contributed by atoms with Crippen molar-refractivity contribution in [2.75, 3.05) is 13.2 Å². The van der Waals surface area contributed by atoms with Crippen molar-refractivity contribution >= 4 is 17.5 Å². The molecule has 2 N–H and O–H groups in total. The van der Waals surface area contributed by atoms with E-state index in [1.54, 1.807) is 0 Å². The van der Waals surface area contributed by atoms with Crippen LogP contribution in [0.1, 0.15) is 44.9 Å². The monoisotopic (exact) mass is 350 g/mol. The van der Waals surface area contributed by atoms with E-state index in [0.29, 0.717) is 0 Å². The zero-order valence-corrected chi connectivity index (χ0v) is 13.7. The normalized spacial score (nSPS) is 27.8. The summed E-state index contributed by atoms with van der Waals surface area (Å²) >= 11 is 0. The molecule has 134 valence electrons. The number of ether oxygens (including phenoxy) is 3. The fourth-order valence-corrected chi connectivity index (χ4v) is 3.15. The van der Waals surface area contributed by atoms with Gasteiger partial charge in [0.05, 0.1) is 18.8 Å². The number of aliphatic hydroxyl groups excluding tert-OH is 1. The van der Waals surface area contributed by atoms with Crippen molar-refractivity contribution in [1.82, 2.24) is 0 Å². The topological polar surface area (TPSA) is 119 Å². The number of rotatable bonds is 4. The highest BCUT2D eigenvalue weighted by Gasteiger charge is 2.49. The van der Waals surface area contributed by atoms with Crippen LogP contribution in [0.5, 0.6) is 5.75 Å². The quantitative estimate of drug-likeness (QED) is 0.594. The minimum absolute atomic E-state index is 0.0352. The van der Waals surface area contributed by atoms with Gasteiger partial charge in [0.15, 0.2) is 17.7 Å². The van der Waals surface area contributed by atoms with Crippen LogP contribution in [-0.2, 0) is 14.2 Å². The summed E-state index contributed by atoms with van der Waals surface area (Å²) in [6.45, 7) is 2.61. The van der Waals surface area contributed by atoms with Gasteiger partial charge in [0.1, 0.15) is 29.6 Å². The molecule has 0 saturated carbocycles. The first-order valence-electron chi connectivity index (χ1n) is 7.81. The molecule has 0 aromatic heterocycles. The number of aliphatic hydroxyl groups is 1. The van der Waals surface area contributed by atoms with E-state index in [1.165, 1.54) is 26.0 Å². The lowest BCUT2D eigenvalue weighted by atomic mass is 9.97. The number of hydrogen-bond acceptors (Lipinski definition) is 8. The predicted molar refractivity (Wildman–Crippen MR) is 82.8 cm³/mol.